The molecular weight excluding hydrogens is 513 g/mol. The summed E-state index contributed by atoms with van der Waals surface area (Å²) < 4.78 is 4.27. The Morgan fingerprint density at radius 3 is 2.41 bits per heavy atom. The molecule has 0 unspecified atom stereocenters. The molecule has 0 atom stereocenters. The predicted molar refractivity (Wildman–Crippen MR) is 131 cm³/mol. The Kier molecular flexibility index (Phi) is 6.69. The minimum absolute atomic E-state index is 0.241. The van der Waals surface area contributed by atoms with E-state index in [1.54, 1.807) is 16.8 Å². The van der Waals surface area contributed by atoms with Crippen molar-refractivity contribution in [2.75, 3.05) is 5.32 Å². The van der Waals surface area contributed by atoms with Crippen LogP contribution in [0.15, 0.2) is 59.2 Å². The van der Waals surface area contributed by atoms with Gasteiger partial charge in [-0.2, -0.15) is 10.2 Å². The molecule has 1 amide bonds. The van der Waals surface area contributed by atoms with Crippen LogP contribution in [0.25, 0.3) is 0 Å². The van der Waals surface area contributed by atoms with Gasteiger partial charge in [0.25, 0.3) is 5.91 Å². The van der Waals surface area contributed by atoms with Crippen LogP contribution in [0.5, 0.6) is 0 Å². The summed E-state index contributed by atoms with van der Waals surface area (Å²) in [6.45, 7) is 4.90. The minimum Gasteiger partial charge on any atom is -0.304 e. The van der Waals surface area contributed by atoms with Crippen LogP contribution in [0.2, 0.25) is 10.0 Å². The van der Waals surface area contributed by atoms with Gasteiger partial charge in [0.2, 0.25) is 0 Å². The number of anilines is 1. The molecule has 0 bridgehead atoms. The number of amides is 1. The monoisotopic (exact) mass is 531 g/mol. The molecule has 2 aromatic heterocycles. The first-order valence-corrected chi connectivity index (χ1v) is 11.4. The Bertz CT molecular complexity index is 1280. The van der Waals surface area contributed by atoms with Crippen molar-refractivity contribution < 1.29 is 4.79 Å². The molecule has 0 aliphatic heterocycles. The van der Waals surface area contributed by atoms with E-state index in [2.05, 4.69) is 31.4 Å². The topological polar surface area (TPSA) is 64.7 Å². The molecule has 164 valence electrons. The van der Waals surface area contributed by atoms with Gasteiger partial charge in [-0.1, -0.05) is 53.5 Å². The van der Waals surface area contributed by atoms with Crippen LogP contribution in [-0.4, -0.2) is 25.5 Å². The van der Waals surface area contributed by atoms with Gasteiger partial charge in [0, 0.05) is 16.8 Å². The second kappa shape index (κ2) is 9.48. The first-order chi connectivity index (χ1) is 15.3. The van der Waals surface area contributed by atoms with Crippen molar-refractivity contribution in [1.29, 1.82) is 0 Å². The zero-order chi connectivity index (χ0) is 22.8. The van der Waals surface area contributed by atoms with E-state index in [1.807, 2.05) is 61.1 Å². The van der Waals surface area contributed by atoms with E-state index < -0.39 is 0 Å². The summed E-state index contributed by atoms with van der Waals surface area (Å²) in [5, 5.41) is 13.1. The third kappa shape index (κ3) is 4.90. The molecule has 0 saturated carbocycles. The number of aromatic nitrogens is 4. The van der Waals surface area contributed by atoms with Crippen molar-refractivity contribution in [3.05, 3.63) is 97.3 Å². The third-order valence-corrected chi connectivity index (χ3v) is 6.58. The SMILES string of the molecule is Cc1nn(Cc2ccc(C(=O)Nc3nn(Cc4ccccc4Cl)cc3Br)cc2)c(C)c1Cl. The molecule has 0 radical (unpaired) electrons. The Balaban J connectivity index is 1.43. The van der Waals surface area contributed by atoms with Crippen LogP contribution >= 0.6 is 39.1 Å². The fourth-order valence-electron chi connectivity index (χ4n) is 3.31. The second-order valence-corrected chi connectivity index (χ2v) is 9.05. The van der Waals surface area contributed by atoms with Gasteiger partial charge < -0.3 is 5.32 Å². The lowest BCUT2D eigenvalue weighted by Gasteiger charge is -2.07. The highest BCUT2D eigenvalue weighted by Crippen LogP contribution is 2.24. The highest BCUT2D eigenvalue weighted by molar-refractivity contribution is 9.10. The van der Waals surface area contributed by atoms with Crippen molar-refractivity contribution in [2.24, 2.45) is 0 Å². The number of benzene rings is 2. The smallest absolute Gasteiger partial charge is 0.256 e. The van der Waals surface area contributed by atoms with Crippen LogP contribution in [-0.2, 0) is 13.1 Å². The third-order valence-electron chi connectivity index (χ3n) is 5.08. The normalized spacial score (nSPS) is 11.0. The lowest BCUT2D eigenvalue weighted by Crippen LogP contribution is -2.13. The number of aryl methyl sites for hydroxylation is 1. The van der Waals surface area contributed by atoms with Gasteiger partial charge in [-0.05, 0) is 59.1 Å². The van der Waals surface area contributed by atoms with Gasteiger partial charge in [-0.25, -0.2) is 0 Å². The van der Waals surface area contributed by atoms with Crippen LogP contribution in [0, 0.1) is 13.8 Å². The Labute approximate surface area is 204 Å². The van der Waals surface area contributed by atoms with Crippen LogP contribution in [0.4, 0.5) is 5.82 Å². The Morgan fingerprint density at radius 1 is 1.03 bits per heavy atom. The standard InChI is InChI=1S/C23H20BrCl2N5O/c1-14-21(26)15(2)31(28-14)11-16-7-9-17(10-8-16)23(32)27-22-19(24)13-30(29-22)12-18-5-3-4-6-20(18)25/h3-10,13H,11-12H2,1-2H3,(H,27,29,32). The second-order valence-electron chi connectivity index (χ2n) is 7.41. The van der Waals surface area contributed by atoms with Crippen molar-refractivity contribution in [1.82, 2.24) is 19.6 Å². The molecule has 0 saturated heterocycles. The van der Waals surface area contributed by atoms with Crippen molar-refractivity contribution in [3.8, 4) is 0 Å². The molecule has 0 aliphatic carbocycles. The van der Waals surface area contributed by atoms with Gasteiger partial charge in [0.05, 0.1) is 34.0 Å². The highest BCUT2D eigenvalue weighted by Gasteiger charge is 2.14. The molecule has 4 rings (SSSR count). The van der Waals surface area contributed by atoms with E-state index in [9.17, 15) is 4.79 Å². The maximum absolute atomic E-state index is 12.7. The largest absolute Gasteiger partial charge is 0.304 e. The molecule has 32 heavy (non-hydrogen) atoms. The molecule has 0 fully saturated rings. The lowest BCUT2D eigenvalue weighted by atomic mass is 10.1. The maximum Gasteiger partial charge on any atom is 0.256 e. The average molecular weight is 533 g/mol. The molecular formula is C23H20BrCl2N5O. The fourth-order valence-corrected chi connectivity index (χ4v) is 4.05. The van der Waals surface area contributed by atoms with E-state index in [0.29, 0.717) is 39.0 Å². The molecule has 9 heteroatoms. The van der Waals surface area contributed by atoms with Crippen molar-refractivity contribution >= 4 is 50.9 Å². The van der Waals surface area contributed by atoms with Crippen LogP contribution in [0.3, 0.4) is 0 Å². The minimum atomic E-state index is -0.241. The fraction of sp³-hybridized carbons (Fsp3) is 0.174. The van der Waals surface area contributed by atoms with E-state index >= 15 is 0 Å². The Hall–Kier alpha value is -2.61. The number of nitrogens with zero attached hydrogens (tertiary/aromatic N) is 4. The number of hydrogen-bond acceptors (Lipinski definition) is 3. The van der Waals surface area contributed by atoms with Gasteiger partial charge in [0.15, 0.2) is 5.82 Å². The maximum atomic E-state index is 12.7. The van der Waals surface area contributed by atoms with Gasteiger partial charge in [-0.3, -0.25) is 14.2 Å². The molecule has 6 nitrogen and oxygen atoms in total. The number of rotatable bonds is 6. The summed E-state index contributed by atoms with van der Waals surface area (Å²) in [5.41, 5.74) is 4.23. The zero-order valence-electron chi connectivity index (χ0n) is 17.4. The first kappa shape index (κ1) is 22.6. The molecule has 2 aromatic carbocycles. The van der Waals surface area contributed by atoms with E-state index in [-0.39, 0.29) is 5.91 Å². The number of halogens is 3. The molecule has 2 heterocycles. The summed E-state index contributed by atoms with van der Waals surface area (Å²) in [4.78, 5) is 12.7. The lowest BCUT2D eigenvalue weighted by molar-refractivity contribution is 0.102. The van der Waals surface area contributed by atoms with Crippen LogP contribution in [0.1, 0.15) is 32.9 Å². The molecule has 4 aromatic rings. The van der Waals surface area contributed by atoms with Gasteiger partial charge in [0.1, 0.15) is 0 Å². The highest BCUT2D eigenvalue weighted by atomic mass is 79.9. The molecule has 0 spiro atoms. The molecule has 0 aliphatic rings. The predicted octanol–water partition coefficient (Wildman–Crippen LogP) is 6.11. The summed E-state index contributed by atoms with van der Waals surface area (Å²) in [6, 6.07) is 15.0. The van der Waals surface area contributed by atoms with Crippen molar-refractivity contribution in [2.45, 2.75) is 26.9 Å². The first-order valence-electron chi connectivity index (χ1n) is 9.88. The Morgan fingerprint density at radius 2 is 1.75 bits per heavy atom. The van der Waals surface area contributed by atoms with Gasteiger partial charge >= 0.3 is 0 Å². The summed E-state index contributed by atoms with van der Waals surface area (Å²) in [7, 11) is 0. The number of carbonyl (C=O) groups excluding carboxylic acids is 1. The van der Waals surface area contributed by atoms with Crippen molar-refractivity contribution in [3.63, 3.8) is 0 Å². The quantitative estimate of drug-likeness (QED) is 0.325. The number of hydrogen-bond donors (Lipinski definition) is 1. The van der Waals surface area contributed by atoms with E-state index in [4.69, 9.17) is 23.2 Å². The number of nitrogens with one attached hydrogen (secondary N) is 1. The van der Waals surface area contributed by atoms with Crippen LogP contribution < -0.4 is 5.32 Å². The molecule has 1 N–H and O–H groups in total. The van der Waals surface area contributed by atoms with E-state index in [0.717, 1.165) is 22.5 Å². The summed E-state index contributed by atoms with van der Waals surface area (Å²) >= 11 is 15.9. The zero-order valence-corrected chi connectivity index (χ0v) is 20.5. The average Bonchev–Trinajstić information content (AvgIpc) is 3.23. The van der Waals surface area contributed by atoms with E-state index in [1.165, 1.54) is 0 Å². The number of carbonyl (C=O) groups is 1. The summed E-state index contributed by atoms with van der Waals surface area (Å²) in [6.07, 6.45) is 1.81. The van der Waals surface area contributed by atoms with Gasteiger partial charge in [-0.15, -0.1) is 0 Å². The summed E-state index contributed by atoms with van der Waals surface area (Å²) in [5.74, 6) is 0.206.